The van der Waals surface area contributed by atoms with E-state index in [1.54, 1.807) is 0 Å². The van der Waals surface area contributed by atoms with Gasteiger partial charge in [0.15, 0.2) is 0 Å². The van der Waals surface area contributed by atoms with Crippen LogP contribution in [0.15, 0.2) is 42.0 Å². The van der Waals surface area contributed by atoms with E-state index in [1.165, 1.54) is 28.2 Å². The van der Waals surface area contributed by atoms with Crippen molar-refractivity contribution >= 4 is 30.4 Å². The molecule has 1 aromatic rings. The van der Waals surface area contributed by atoms with E-state index < -0.39 is 0 Å². The second-order valence-electron chi connectivity index (χ2n) is 6.50. The normalized spacial score (nSPS) is 11.8. The second kappa shape index (κ2) is 16.9. The third-order valence-corrected chi connectivity index (χ3v) is 3.84. The summed E-state index contributed by atoms with van der Waals surface area (Å²) in [4.78, 5) is 2.23. The van der Waals surface area contributed by atoms with Gasteiger partial charge in [-0.3, -0.25) is 0 Å². The van der Waals surface area contributed by atoms with Crippen LogP contribution in [0.5, 0.6) is 0 Å². The summed E-state index contributed by atoms with van der Waals surface area (Å²) in [6, 6.07) is 8.74. The first-order valence-corrected chi connectivity index (χ1v) is 8.59. The Morgan fingerprint density at radius 1 is 1.12 bits per heavy atom. The number of rotatable bonds is 6. The summed E-state index contributed by atoms with van der Waals surface area (Å²) in [5.74, 6) is 1.38. The Balaban J connectivity index is -0.000000590. The van der Waals surface area contributed by atoms with E-state index in [0.717, 1.165) is 25.8 Å². The van der Waals surface area contributed by atoms with E-state index in [1.807, 2.05) is 0 Å². The molecule has 0 radical (unpaired) electrons. The van der Waals surface area contributed by atoms with Crippen molar-refractivity contribution in [1.29, 1.82) is 0 Å². The van der Waals surface area contributed by atoms with Crippen LogP contribution < -0.4 is 0 Å². The topological polar surface area (TPSA) is 27.0 Å². The zero-order chi connectivity index (χ0) is 17.2. The number of unbranched alkanes of at least 4 members (excludes halogenated alkanes) is 1. The number of nitrogens with zero attached hydrogens (tertiary/aromatic N) is 1. The standard InChI is InChI=1S/C17H22N.C4H10N.2ClH.Ti/c1-13(2)15-9-5-6-10-17(15)16-11-7-8-14(16)12-18(3)4;1-2-3-4-5;;;/h5-10H,11-12H2,1-4H3;5H,2-4H2,1H3;2*1H;/q2*-1;;;+2. The molecule has 0 fully saturated rings. The molecule has 0 spiro atoms. The molecule has 2 rings (SSSR count). The second-order valence-corrected chi connectivity index (χ2v) is 6.50. The average Bonchev–Trinajstić information content (AvgIpc) is 2.96. The zero-order valence-electron chi connectivity index (χ0n) is 16.8. The minimum atomic E-state index is 0. The van der Waals surface area contributed by atoms with Gasteiger partial charge in [-0.25, -0.2) is 0 Å². The van der Waals surface area contributed by atoms with Gasteiger partial charge in [0.2, 0.25) is 0 Å². The maximum Gasteiger partial charge on any atom is 2.00 e. The quantitative estimate of drug-likeness (QED) is 0.367. The summed E-state index contributed by atoms with van der Waals surface area (Å²) in [5, 5.41) is 0. The Bertz CT molecular complexity index is 539. The summed E-state index contributed by atoms with van der Waals surface area (Å²) in [6.07, 6.45) is 7.82. The van der Waals surface area contributed by atoms with Crippen molar-refractivity contribution in [3.05, 3.63) is 64.8 Å². The van der Waals surface area contributed by atoms with Gasteiger partial charge < -0.3 is 10.6 Å². The molecule has 0 bridgehead atoms. The van der Waals surface area contributed by atoms with Crippen molar-refractivity contribution in [3.8, 4) is 0 Å². The molecule has 1 aliphatic rings. The number of nitrogens with one attached hydrogen (secondary N) is 1. The molecule has 0 atom stereocenters. The first-order chi connectivity index (χ1) is 11.0. The molecule has 0 saturated carbocycles. The number of hydrogen-bond donors (Lipinski definition) is 0. The zero-order valence-corrected chi connectivity index (χ0v) is 20.0. The number of allylic oxidation sites excluding steroid dienone is 2. The van der Waals surface area contributed by atoms with Crippen molar-refractivity contribution in [2.24, 2.45) is 0 Å². The SMILES string of the molecule is CCCC[NH-].C[C-](C)c1ccccc1C1=C(CN(C)C)C=CC1.Cl.Cl.[Ti+2]. The van der Waals surface area contributed by atoms with Gasteiger partial charge in [-0.15, -0.1) is 42.5 Å². The molecule has 0 amide bonds. The molecule has 0 aromatic heterocycles. The fraction of sp³-hybridized carbons (Fsp3) is 0.476. The first-order valence-electron chi connectivity index (χ1n) is 8.59. The number of halogens is 2. The Hall–Kier alpha value is -0.216. The van der Waals surface area contributed by atoms with Crippen LogP contribution in [0.3, 0.4) is 0 Å². The van der Waals surface area contributed by atoms with E-state index in [0.29, 0.717) is 6.54 Å². The van der Waals surface area contributed by atoms with Gasteiger partial charge in [0, 0.05) is 6.54 Å². The van der Waals surface area contributed by atoms with Crippen LogP contribution in [0.25, 0.3) is 11.3 Å². The van der Waals surface area contributed by atoms with Crippen LogP contribution in [0.2, 0.25) is 0 Å². The first kappa shape index (κ1) is 30.5. The molecular formula is C21H34Cl2N2Ti. The molecule has 5 heteroatoms. The monoisotopic (exact) mass is 432 g/mol. The maximum absolute atomic E-state index is 6.60. The molecule has 0 unspecified atom stereocenters. The van der Waals surface area contributed by atoms with Crippen molar-refractivity contribution < 1.29 is 21.7 Å². The molecule has 2 nitrogen and oxygen atoms in total. The third kappa shape index (κ3) is 10.2. The minimum absolute atomic E-state index is 0. The van der Waals surface area contributed by atoms with Crippen LogP contribution in [-0.4, -0.2) is 32.1 Å². The molecule has 1 aliphatic carbocycles. The van der Waals surface area contributed by atoms with Crippen molar-refractivity contribution in [1.82, 2.24) is 4.90 Å². The van der Waals surface area contributed by atoms with Crippen LogP contribution >= 0.6 is 24.8 Å². The Kier molecular flexibility index (Phi) is 19.9. The van der Waals surface area contributed by atoms with Gasteiger partial charge in [0.1, 0.15) is 0 Å². The molecule has 0 aliphatic heterocycles. The Labute approximate surface area is 188 Å². The van der Waals surface area contributed by atoms with Crippen LogP contribution in [0.1, 0.15) is 51.2 Å². The van der Waals surface area contributed by atoms with Gasteiger partial charge in [-0.1, -0.05) is 57.4 Å². The van der Waals surface area contributed by atoms with E-state index in [4.69, 9.17) is 5.73 Å². The number of benzene rings is 1. The molecule has 0 heterocycles. The number of likely N-dealkylation sites (N-methyl/N-ethyl adjacent to an activating group) is 1. The van der Waals surface area contributed by atoms with E-state index >= 15 is 0 Å². The van der Waals surface area contributed by atoms with Crippen molar-refractivity contribution in [2.75, 3.05) is 27.2 Å². The van der Waals surface area contributed by atoms with Gasteiger partial charge in [0.25, 0.3) is 0 Å². The molecule has 26 heavy (non-hydrogen) atoms. The van der Waals surface area contributed by atoms with Gasteiger partial charge in [0.05, 0.1) is 0 Å². The Morgan fingerprint density at radius 2 is 1.73 bits per heavy atom. The van der Waals surface area contributed by atoms with Crippen LogP contribution in [0.4, 0.5) is 0 Å². The summed E-state index contributed by atoms with van der Waals surface area (Å²) in [5.41, 5.74) is 12.3. The van der Waals surface area contributed by atoms with Crippen LogP contribution in [0, 0.1) is 5.92 Å². The van der Waals surface area contributed by atoms with Crippen LogP contribution in [-0.2, 0) is 21.7 Å². The summed E-state index contributed by atoms with van der Waals surface area (Å²) >= 11 is 0. The molecule has 1 aromatic carbocycles. The van der Waals surface area contributed by atoms with Gasteiger partial charge in [-0.2, -0.15) is 24.1 Å². The largest absolute Gasteiger partial charge is 2.00 e. The number of hydrogen-bond acceptors (Lipinski definition) is 1. The van der Waals surface area contributed by atoms with Gasteiger partial charge >= 0.3 is 21.7 Å². The minimum Gasteiger partial charge on any atom is -0.677 e. The summed E-state index contributed by atoms with van der Waals surface area (Å²) < 4.78 is 0. The molecule has 146 valence electrons. The van der Waals surface area contributed by atoms with Gasteiger partial charge in [-0.05, 0) is 26.1 Å². The van der Waals surface area contributed by atoms with Crippen molar-refractivity contribution in [2.45, 2.75) is 40.0 Å². The molecular weight excluding hydrogens is 399 g/mol. The summed E-state index contributed by atoms with van der Waals surface area (Å²) in [7, 11) is 4.25. The third-order valence-electron chi connectivity index (χ3n) is 3.84. The predicted molar refractivity (Wildman–Crippen MR) is 118 cm³/mol. The maximum atomic E-state index is 6.60. The predicted octanol–water partition coefficient (Wildman–Crippen LogP) is 6.60. The van der Waals surface area contributed by atoms with E-state index in [-0.39, 0.29) is 46.5 Å². The smallest absolute Gasteiger partial charge is 0.677 e. The fourth-order valence-corrected chi connectivity index (χ4v) is 2.68. The average molecular weight is 433 g/mol. The Morgan fingerprint density at radius 3 is 2.19 bits per heavy atom. The molecule has 0 saturated heterocycles. The molecule has 1 N–H and O–H groups in total. The fourth-order valence-electron chi connectivity index (χ4n) is 2.68. The van der Waals surface area contributed by atoms with E-state index in [2.05, 4.69) is 76.2 Å². The van der Waals surface area contributed by atoms with E-state index in [9.17, 15) is 0 Å². The van der Waals surface area contributed by atoms with Crippen molar-refractivity contribution in [3.63, 3.8) is 0 Å². The summed E-state index contributed by atoms with van der Waals surface area (Å²) in [6.45, 7) is 8.08.